The Morgan fingerprint density at radius 3 is 2.37 bits per heavy atom. The lowest BCUT2D eigenvalue weighted by molar-refractivity contribution is -0.137. The molecule has 27 heavy (non-hydrogen) atoms. The molecule has 0 aliphatic carbocycles. The normalized spacial score (nSPS) is 11.9. The molecule has 6 heteroatoms. The Labute approximate surface area is 154 Å². The molecule has 0 heterocycles. The third-order valence-corrected chi connectivity index (χ3v) is 4.23. The number of carboxylic acid groups (broad SMARTS) is 1. The Balaban J connectivity index is 1.78. The maximum atomic E-state index is 13.4. The van der Waals surface area contributed by atoms with Gasteiger partial charge in [0.2, 0.25) is 0 Å². The summed E-state index contributed by atoms with van der Waals surface area (Å²) in [4.78, 5) is 23.7. The van der Waals surface area contributed by atoms with Crippen LogP contribution in [0.2, 0.25) is 0 Å². The van der Waals surface area contributed by atoms with Crippen molar-refractivity contribution >= 4 is 22.6 Å². The van der Waals surface area contributed by atoms with E-state index in [-0.39, 0.29) is 12.8 Å². The van der Waals surface area contributed by atoms with E-state index < -0.39 is 29.6 Å². The Hall–Kier alpha value is -3.28. The summed E-state index contributed by atoms with van der Waals surface area (Å²) in [6, 6.07) is 15.4. The number of carboxylic acids is 1. The first kappa shape index (κ1) is 18.5. The number of carbonyl (C=O) groups is 2. The highest BCUT2D eigenvalue weighted by Crippen LogP contribution is 2.17. The van der Waals surface area contributed by atoms with E-state index in [1.54, 1.807) is 12.1 Å². The second-order valence-electron chi connectivity index (χ2n) is 6.28. The smallest absolute Gasteiger partial charge is 0.305 e. The molecule has 0 aromatic heterocycles. The van der Waals surface area contributed by atoms with Gasteiger partial charge in [0.1, 0.15) is 0 Å². The fourth-order valence-corrected chi connectivity index (χ4v) is 2.94. The van der Waals surface area contributed by atoms with Crippen molar-refractivity contribution in [2.45, 2.75) is 18.9 Å². The molecule has 0 aliphatic rings. The summed E-state index contributed by atoms with van der Waals surface area (Å²) in [5.74, 6) is -3.51. The first-order valence-corrected chi connectivity index (χ1v) is 8.38. The lowest BCUT2D eigenvalue weighted by atomic mass is 10.0. The Bertz CT molecular complexity index is 1000. The highest BCUT2D eigenvalue weighted by Gasteiger charge is 2.18. The van der Waals surface area contributed by atoms with E-state index in [4.69, 9.17) is 5.11 Å². The van der Waals surface area contributed by atoms with Crippen LogP contribution in [0.3, 0.4) is 0 Å². The van der Waals surface area contributed by atoms with Crippen molar-refractivity contribution < 1.29 is 23.5 Å². The molecule has 1 amide bonds. The number of nitrogens with one attached hydrogen (secondary N) is 1. The summed E-state index contributed by atoms with van der Waals surface area (Å²) in [7, 11) is 0. The van der Waals surface area contributed by atoms with Gasteiger partial charge < -0.3 is 10.4 Å². The van der Waals surface area contributed by atoms with Gasteiger partial charge in [-0.1, -0.05) is 36.4 Å². The summed E-state index contributed by atoms with van der Waals surface area (Å²) < 4.78 is 26.5. The van der Waals surface area contributed by atoms with Gasteiger partial charge in [-0.15, -0.1) is 0 Å². The van der Waals surface area contributed by atoms with Gasteiger partial charge in [0.25, 0.3) is 5.91 Å². The molecule has 0 spiro atoms. The van der Waals surface area contributed by atoms with Crippen LogP contribution < -0.4 is 5.32 Å². The molecular weight excluding hydrogens is 352 g/mol. The van der Waals surface area contributed by atoms with E-state index in [9.17, 15) is 18.4 Å². The largest absolute Gasteiger partial charge is 0.481 e. The van der Waals surface area contributed by atoms with Crippen molar-refractivity contribution in [3.63, 3.8) is 0 Å². The van der Waals surface area contributed by atoms with Crippen LogP contribution in [0.15, 0.2) is 60.7 Å². The molecule has 0 saturated heterocycles. The summed E-state index contributed by atoms with van der Waals surface area (Å²) in [5.41, 5.74) is 0.799. The number of carbonyl (C=O) groups excluding carboxylic acids is 1. The molecule has 3 aromatic rings. The van der Waals surface area contributed by atoms with Crippen LogP contribution in [0.25, 0.3) is 10.8 Å². The SMILES string of the molecule is O=C(O)C[C@@H](Cc1ccc(F)c(F)c1)NC(=O)c1ccc2ccccc2c1. The molecule has 1 atom stereocenters. The van der Waals surface area contributed by atoms with Gasteiger partial charge in [0.05, 0.1) is 6.42 Å². The van der Waals surface area contributed by atoms with E-state index in [1.165, 1.54) is 6.07 Å². The number of benzene rings is 3. The molecule has 4 nitrogen and oxygen atoms in total. The van der Waals surface area contributed by atoms with E-state index in [1.807, 2.05) is 30.3 Å². The van der Waals surface area contributed by atoms with Crippen LogP contribution in [-0.4, -0.2) is 23.0 Å². The molecular formula is C21H17F2NO3. The van der Waals surface area contributed by atoms with E-state index >= 15 is 0 Å². The average molecular weight is 369 g/mol. The Morgan fingerprint density at radius 2 is 1.67 bits per heavy atom. The number of halogens is 2. The minimum Gasteiger partial charge on any atom is -0.481 e. The van der Waals surface area contributed by atoms with Crippen molar-refractivity contribution in [2.24, 2.45) is 0 Å². The number of rotatable bonds is 6. The van der Waals surface area contributed by atoms with Crippen molar-refractivity contribution in [3.8, 4) is 0 Å². The third-order valence-electron chi connectivity index (χ3n) is 4.23. The average Bonchev–Trinajstić information content (AvgIpc) is 2.63. The summed E-state index contributed by atoms with van der Waals surface area (Å²) in [6.07, 6.45) is -0.263. The van der Waals surface area contributed by atoms with Crippen LogP contribution in [-0.2, 0) is 11.2 Å². The number of aliphatic carboxylic acids is 1. The predicted molar refractivity (Wildman–Crippen MR) is 97.5 cm³/mol. The van der Waals surface area contributed by atoms with Gasteiger partial charge in [-0.05, 0) is 47.0 Å². The number of fused-ring (bicyclic) bond motifs is 1. The van der Waals surface area contributed by atoms with Gasteiger partial charge in [-0.25, -0.2) is 8.78 Å². The van der Waals surface area contributed by atoms with Crippen LogP contribution in [0.4, 0.5) is 8.78 Å². The third kappa shape index (κ3) is 4.67. The summed E-state index contributed by atoms with van der Waals surface area (Å²) in [6.45, 7) is 0. The van der Waals surface area contributed by atoms with E-state index in [0.29, 0.717) is 11.1 Å². The fraction of sp³-hybridized carbons (Fsp3) is 0.143. The van der Waals surface area contributed by atoms with Gasteiger partial charge in [0, 0.05) is 11.6 Å². The van der Waals surface area contributed by atoms with Crippen molar-refractivity contribution in [1.29, 1.82) is 0 Å². The lowest BCUT2D eigenvalue weighted by Gasteiger charge is -2.17. The minimum atomic E-state index is -1.10. The molecule has 3 aromatic carbocycles. The zero-order valence-corrected chi connectivity index (χ0v) is 14.3. The zero-order valence-electron chi connectivity index (χ0n) is 14.3. The fourth-order valence-electron chi connectivity index (χ4n) is 2.94. The quantitative estimate of drug-likeness (QED) is 0.692. The standard InChI is InChI=1S/C21H17F2NO3/c22-18-8-5-13(10-19(18)23)9-17(12-20(25)26)24-21(27)16-7-6-14-3-1-2-4-15(14)11-16/h1-8,10-11,17H,9,12H2,(H,24,27)(H,25,26)/t17-/m1/s1. The van der Waals surface area contributed by atoms with Gasteiger partial charge in [-0.2, -0.15) is 0 Å². The summed E-state index contributed by atoms with van der Waals surface area (Å²) >= 11 is 0. The summed E-state index contributed by atoms with van der Waals surface area (Å²) in [5, 5.41) is 13.6. The molecule has 0 aliphatic heterocycles. The lowest BCUT2D eigenvalue weighted by Crippen LogP contribution is -2.38. The van der Waals surface area contributed by atoms with Crippen LogP contribution in [0.5, 0.6) is 0 Å². The minimum absolute atomic E-state index is 0.0722. The van der Waals surface area contributed by atoms with Crippen molar-refractivity contribution in [1.82, 2.24) is 5.32 Å². The van der Waals surface area contributed by atoms with Crippen LogP contribution >= 0.6 is 0 Å². The number of hydrogen-bond donors (Lipinski definition) is 2. The predicted octanol–water partition coefficient (Wildman–Crippen LogP) is 3.93. The van der Waals surface area contributed by atoms with Gasteiger partial charge >= 0.3 is 5.97 Å². The molecule has 0 unspecified atom stereocenters. The van der Waals surface area contributed by atoms with Gasteiger partial charge in [0.15, 0.2) is 11.6 Å². The maximum Gasteiger partial charge on any atom is 0.305 e. The van der Waals surface area contributed by atoms with Crippen molar-refractivity contribution in [2.75, 3.05) is 0 Å². The van der Waals surface area contributed by atoms with Gasteiger partial charge in [-0.3, -0.25) is 9.59 Å². The monoisotopic (exact) mass is 369 g/mol. The highest BCUT2D eigenvalue weighted by molar-refractivity contribution is 5.98. The van der Waals surface area contributed by atoms with Crippen LogP contribution in [0.1, 0.15) is 22.3 Å². The van der Waals surface area contributed by atoms with Crippen molar-refractivity contribution in [3.05, 3.63) is 83.4 Å². The second-order valence-corrected chi connectivity index (χ2v) is 6.28. The first-order valence-electron chi connectivity index (χ1n) is 8.38. The molecule has 0 saturated carbocycles. The zero-order chi connectivity index (χ0) is 19.4. The first-order chi connectivity index (χ1) is 12.9. The Morgan fingerprint density at radius 1 is 0.926 bits per heavy atom. The highest BCUT2D eigenvalue weighted by atomic mass is 19.2. The topological polar surface area (TPSA) is 66.4 Å². The molecule has 2 N–H and O–H groups in total. The molecule has 138 valence electrons. The maximum absolute atomic E-state index is 13.4. The molecule has 0 radical (unpaired) electrons. The molecule has 0 bridgehead atoms. The van der Waals surface area contributed by atoms with Crippen LogP contribution in [0, 0.1) is 11.6 Å². The molecule has 0 fully saturated rings. The number of hydrogen-bond acceptors (Lipinski definition) is 2. The second kappa shape index (κ2) is 7.95. The van der Waals surface area contributed by atoms with E-state index in [2.05, 4.69) is 5.32 Å². The van der Waals surface area contributed by atoms with E-state index in [0.717, 1.165) is 22.9 Å². The number of amides is 1. The Kier molecular flexibility index (Phi) is 5.45. The molecule has 3 rings (SSSR count).